The van der Waals surface area contributed by atoms with Gasteiger partial charge in [-0.15, -0.1) is 0 Å². The number of hydrogen-bond acceptors (Lipinski definition) is 4. The van der Waals surface area contributed by atoms with Gasteiger partial charge in [-0.05, 0) is 13.3 Å². The molecule has 0 saturated heterocycles. The van der Waals surface area contributed by atoms with E-state index in [9.17, 15) is 0 Å². The van der Waals surface area contributed by atoms with Crippen LogP contribution in [0, 0.1) is 6.92 Å². The molecular weight excluding hydrogens is 250 g/mol. The second-order valence-corrected chi connectivity index (χ2v) is 5.56. The number of unbranched alkanes of at least 4 members (excludes halogenated alkanes) is 4. The Labute approximate surface area is 123 Å². The second-order valence-electron chi connectivity index (χ2n) is 5.56. The quantitative estimate of drug-likeness (QED) is 0.664. The van der Waals surface area contributed by atoms with Crippen molar-refractivity contribution in [1.29, 1.82) is 0 Å². The van der Waals surface area contributed by atoms with Crippen molar-refractivity contribution in [1.82, 2.24) is 15.3 Å². The van der Waals surface area contributed by atoms with Crippen LogP contribution in [0.15, 0.2) is 6.20 Å². The summed E-state index contributed by atoms with van der Waals surface area (Å²) < 4.78 is 5.60. The highest BCUT2D eigenvalue weighted by Crippen LogP contribution is 2.10. The molecule has 0 saturated carbocycles. The van der Waals surface area contributed by atoms with E-state index in [2.05, 4.69) is 36.1 Å². The van der Waals surface area contributed by atoms with Gasteiger partial charge in [0.2, 0.25) is 0 Å². The maximum absolute atomic E-state index is 5.60. The van der Waals surface area contributed by atoms with Gasteiger partial charge in [-0.1, -0.05) is 46.5 Å². The molecule has 20 heavy (non-hydrogen) atoms. The van der Waals surface area contributed by atoms with Crippen LogP contribution in [0.5, 0.6) is 6.01 Å². The van der Waals surface area contributed by atoms with Crippen molar-refractivity contribution in [2.75, 3.05) is 6.61 Å². The number of aromatic nitrogens is 2. The van der Waals surface area contributed by atoms with Gasteiger partial charge in [0.15, 0.2) is 0 Å². The Morgan fingerprint density at radius 1 is 1.20 bits per heavy atom. The summed E-state index contributed by atoms with van der Waals surface area (Å²) in [5, 5.41) is 3.37. The molecule has 4 nitrogen and oxygen atoms in total. The van der Waals surface area contributed by atoms with E-state index in [1.54, 1.807) is 0 Å². The third-order valence-corrected chi connectivity index (χ3v) is 3.24. The van der Waals surface area contributed by atoms with Crippen LogP contribution in [0.4, 0.5) is 0 Å². The number of hydrogen-bond donors (Lipinski definition) is 1. The molecular formula is C16H29N3O. The molecule has 0 amide bonds. The molecule has 0 spiro atoms. The Morgan fingerprint density at radius 2 is 1.95 bits per heavy atom. The maximum Gasteiger partial charge on any atom is 0.316 e. The third kappa shape index (κ3) is 6.85. The van der Waals surface area contributed by atoms with Crippen LogP contribution in [-0.2, 0) is 6.54 Å². The molecule has 1 N–H and O–H groups in total. The monoisotopic (exact) mass is 279 g/mol. The number of ether oxygens (including phenoxy) is 1. The van der Waals surface area contributed by atoms with Crippen molar-refractivity contribution in [2.24, 2.45) is 0 Å². The summed E-state index contributed by atoms with van der Waals surface area (Å²) in [6.45, 7) is 10.0. The first-order chi connectivity index (χ1) is 9.63. The lowest BCUT2D eigenvalue weighted by molar-refractivity contribution is 0.280. The molecule has 0 bridgehead atoms. The van der Waals surface area contributed by atoms with Crippen molar-refractivity contribution < 1.29 is 4.74 Å². The summed E-state index contributed by atoms with van der Waals surface area (Å²) in [6.07, 6.45) is 8.05. The van der Waals surface area contributed by atoms with Gasteiger partial charge >= 0.3 is 6.01 Å². The fraction of sp³-hybridized carbons (Fsp3) is 0.750. The van der Waals surface area contributed by atoms with Crippen LogP contribution in [0.1, 0.15) is 64.1 Å². The number of rotatable bonds is 10. The van der Waals surface area contributed by atoms with E-state index in [4.69, 9.17) is 4.74 Å². The van der Waals surface area contributed by atoms with E-state index >= 15 is 0 Å². The van der Waals surface area contributed by atoms with Crippen LogP contribution in [0.3, 0.4) is 0 Å². The van der Waals surface area contributed by atoms with Crippen molar-refractivity contribution in [3.05, 3.63) is 17.5 Å². The number of aryl methyl sites for hydroxylation is 1. The van der Waals surface area contributed by atoms with Gasteiger partial charge in [0.1, 0.15) is 0 Å². The SMILES string of the molecule is CCCCCCCOc1ncc(CNC(C)C)c(C)n1. The van der Waals surface area contributed by atoms with Crippen LogP contribution in [0.2, 0.25) is 0 Å². The lowest BCUT2D eigenvalue weighted by atomic mass is 10.2. The molecule has 4 heteroatoms. The number of nitrogens with zero attached hydrogens (tertiary/aromatic N) is 2. The van der Waals surface area contributed by atoms with Gasteiger partial charge in [-0.3, -0.25) is 0 Å². The van der Waals surface area contributed by atoms with Gasteiger partial charge in [-0.25, -0.2) is 9.97 Å². The lowest BCUT2D eigenvalue weighted by Gasteiger charge is -2.11. The van der Waals surface area contributed by atoms with Gasteiger partial charge in [-0.2, -0.15) is 0 Å². The lowest BCUT2D eigenvalue weighted by Crippen LogP contribution is -2.22. The molecule has 0 aliphatic carbocycles. The van der Waals surface area contributed by atoms with E-state index in [1.165, 1.54) is 25.7 Å². The summed E-state index contributed by atoms with van der Waals surface area (Å²) in [5.74, 6) is 0. The molecule has 0 aliphatic heterocycles. The second kappa shape index (κ2) is 9.70. The molecule has 1 aromatic heterocycles. The van der Waals surface area contributed by atoms with E-state index in [0.717, 1.165) is 24.2 Å². The fourth-order valence-electron chi connectivity index (χ4n) is 1.90. The van der Waals surface area contributed by atoms with E-state index in [1.807, 2.05) is 13.1 Å². The van der Waals surface area contributed by atoms with Crippen molar-refractivity contribution in [2.45, 2.75) is 72.4 Å². The standard InChI is InChI=1S/C16H29N3O/c1-5-6-7-8-9-10-20-16-18-12-15(14(4)19-16)11-17-13(2)3/h12-13,17H,5-11H2,1-4H3. The summed E-state index contributed by atoms with van der Waals surface area (Å²) >= 11 is 0. The van der Waals surface area contributed by atoms with Crippen molar-refractivity contribution in [3.8, 4) is 6.01 Å². The Hall–Kier alpha value is -1.16. The van der Waals surface area contributed by atoms with Crippen molar-refractivity contribution >= 4 is 0 Å². The molecule has 1 aromatic rings. The molecule has 0 unspecified atom stereocenters. The Morgan fingerprint density at radius 3 is 2.60 bits per heavy atom. The molecule has 114 valence electrons. The molecule has 0 aliphatic rings. The first-order valence-corrected chi connectivity index (χ1v) is 7.82. The average Bonchev–Trinajstić information content (AvgIpc) is 2.41. The predicted molar refractivity (Wildman–Crippen MR) is 83.0 cm³/mol. The predicted octanol–water partition coefficient (Wildman–Crippen LogP) is 3.63. The first kappa shape index (κ1) is 16.9. The van der Waals surface area contributed by atoms with Crippen LogP contribution in [0.25, 0.3) is 0 Å². The van der Waals surface area contributed by atoms with Crippen LogP contribution < -0.4 is 10.1 Å². The highest BCUT2D eigenvalue weighted by atomic mass is 16.5. The van der Waals surface area contributed by atoms with Gasteiger partial charge < -0.3 is 10.1 Å². The summed E-state index contributed by atoms with van der Waals surface area (Å²) in [5.41, 5.74) is 2.13. The van der Waals surface area contributed by atoms with Crippen LogP contribution in [-0.4, -0.2) is 22.6 Å². The molecule has 1 heterocycles. The smallest absolute Gasteiger partial charge is 0.316 e. The third-order valence-electron chi connectivity index (χ3n) is 3.24. The average molecular weight is 279 g/mol. The first-order valence-electron chi connectivity index (χ1n) is 7.82. The zero-order chi connectivity index (χ0) is 14.8. The Kier molecular flexibility index (Phi) is 8.19. The van der Waals surface area contributed by atoms with Crippen LogP contribution >= 0.6 is 0 Å². The van der Waals surface area contributed by atoms with Gasteiger partial charge in [0.25, 0.3) is 0 Å². The molecule has 0 radical (unpaired) electrons. The minimum Gasteiger partial charge on any atom is -0.463 e. The molecule has 1 rings (SSSR count). The van der Waals surface area contributed by atoms with E-state index < -0.39 is 0 Å². The Bertz CT molecular complexity index is 380. The summed E-state index contributed by atoms with van der Waals surface area (Å²) in [4.78, 5) is 8.69. The largest absolute Gasteiger partial charge is 0.463 e. The van der Waals surface area contributed by atoms with E-state index in [-0.39, 0.29) is 0 Å². The Balaban J connectivity index is 2.31. The minimum atomic E-state index is 0.466. The molecule has 0 fully saturated rings. The number of nitrogens with one attached hydrogen (secondary N) is 1. The zero-order valence-corrected chi connectivity index (χ0v) is 13.4. The maximum atomic E-state index is 5.60. The highest BCUT2D eigenvalue weighted by Gasteiger charge is 2.04. The van der Waals surface area contributed by atoms with Gasteiger partial charge in [0.05, 0.1) is 6.61 Å². The molecule has 0 atom stereocenters. The molecule has 0 aromatic carbocycles. The minimum absolute atomic E-state index is 0.466. The van der Waals surface area contributed by atoms with Gasteiger partial charge in [0, 0.05) is 30.0 Å². The summed E-state index contributed by atoms with van der Waals surface area (Å²) in [6, 6.07) is 0.972. The zero-order valence-electron chi connectivity index (χ0n) is 13.4. The van der Waals surface area contributed by atoms with E-state index in [0.29, 0.717) is 18.7 Å². The van der Waals surface area contributed by atoms with Crippen molar-refractivity contribution in [3.63, 3.8) is 0 Å². The fourth-order valence-corrected chi connectivity index (χ4v) is 1.90. The topological polar surface area (TPSA) is 47.0 Å². The highest BCUT2D eigenvalue weighted by molar-refractivity contribution is 5.17. The summed E-state index contributed by atoms with van der Waals surface area (Å²) in [7, 11) is 0. The normalized spacial score (nSPS) is 11.1.